The van der Waals surface area contributed by atoms with E-state index in [1.165, 1.54) is 55.6 Å². The molecule has 0 saturated carbocycles. The van der Waals surface area contributed by atoms with E-state index in [-0.39, 0.29) is 10.8 Å². The van der Waals surface area contributed by atoms with Crippen LogP contribution in [0.2, 0.25) is 0 Å². The summed E-state index contributed by atoms with van der Waals surface area (Å²) in [6.45, 7) is 25.9. The monoisotopic (exact) mass is 334 g/mol. The average molecular weight is 335 g/mol. The summed E-state index contributed by atoms with van der Waals surface area (Å²) in [5.41, 5.74) is 16.5. The number of rotatable bonds is 0. The summed E-state index contributed by atoms with van der Waals surface area (Å²) in [6.07, 6.45) is 0. The van der Waals surface area contributed by atoms with E-state index in [4.69, 9.17) is 0 Å². The molecule has 0 bridgehead atoms. The van der Waals surface area contributed by atoms with Crippen molar-refractivity contribution in [3.63, 3.8) is 0 Å². The molecule has 0 spiro atoms. The van der Waals surface area contributed by atoms with Gasteiger partial charge in [-0.15, -0.1) is 0 Å². The highest BCUT2D eigenvalue weighted by Crippen LogP contribution is 2.57. The molecule has 2 aromatic rings. The maximum absolute atomic E-state index is 2.46. The quantitative estimate of drug-likeness (QED) is 0.483. The minimum Gasteiger partial charge on any atom is -0.0549 e. The number of aryl methyl sites for hydroxylation is 1. The number of benzene rings is 2. The molecule has 1 aliphatic rings. The van der Waals surface area contributed by atoms with Crippen LogP contribution in [0, 0.1) is 48.5 Å². The van der Waals surface area contributed by atoms with Crippen molar-refractivity contribution in [2.45, 2.75) is 87.0 Å². The Morgan fingerprint density at radius 1 is 0.520 bits per heavy atom. The van der Waals surface area contributed by atoms with E-state index < -0.39 is 0 Å². The van der Waals surface area contributed by atoms with Gasteiger partial charge in [-0.25, -0.2) is 0 Å². The van der Waals surface area contributed by atoms with Crippen LogP contribution >= 0.6 is 0 Å². The lowest BCUT2D eigenvalue weighted by Crippen LogP contribution is -2.45. The summed E-state index contributed by atoms with van der Waals surface area (Å²) < 4.78 is 0. The summed E-state index contributed by atoms with van der Waals surface area (Å²) >= 11 is 0. The Bertz CT molecular complexity index is 905. The lowest BCUT2D eigenvalue weighted by Gasteiger charge is -2.50. The molecule has 0 radical (unpaired) electrons. The topological polar surface area (TPSA) is 0 Å². The fourth-order valence-corrected chi connectivity index (χ4v) is 4.95. The fraction of sp³-hybridized carbons (Fsp3) is 0.520. The Kier molecular flexibility index (Phi) is 3.81. The van der Waals surface area contributed by atoms with Crippen LogP contribution in [0.3, 0.4) is 0 Å². The van der Waals surface area contributed by atoms with Crippen LogP contribution < -0.4 is 0 Å². The molecular formula is C25H34. The smallest absolute Gasteiger partial charge is 0.000285 e. The lowest BCUT2D eigenvalue weighted by molar-refractivity contribution is 0.297. The van der Waals surface area contributed by atoms with E-state index in [9.17, 15) is 0 Å². The molecule has 0 amide bonds. The average Bonchev–Trinajstić information content (AvgIpc) is 2.52. The molecule has 0 aromatic heterocycles. The molecule has 0 nitrogen and oxygen atoms in total. The van der Waals surface area contributed by atoms with Crippen LogP contribution in [0.4, 0.5) is 0 Å². The van der Waals surface area contributed by atoms with Crippen LogP contribution in [0.1, 0.15) is 77.8 Å². The highest BCUT2D eigenvalue weighted by atomic mass is 14.5. The number of fused-ring (bicyclic) bond motifs is 3. The van der Waals surface area contributed by atoms with Crippen molar-refractivity contribution in [3.05, 3.63) is 56.1 Å². The molecule has 0 fully saturated rings. The van der Waals surface area contributed by atoms with Gasteiger partial charge in [0.2, 0.25) is 0 Å². The van der Waals surface area contributed by atoms with Gasteiger partial charge in [-0.05, 0) is 120 Å². The van der Waals surface area contributed by atoms with Gasteiger partial charge in [0.25, 0.3) is 0 Å². The van der Waals surface area contributed by atoms with Crippen molar-refractivity contribution in [1.29, 1.82) is 0 Å². The Morgan fingerprint density at radius 3 is 1.56 bits per heavy atom. The highest BCUT2D eigenvalue weighted by molar-refractivity contribution is 5.85. The first kappa shape index (κ1) is 18.2. The van der Waals surface area contributed by atoms with Crippen molar-refractivity contribution in [2.24, 2.45) is 0 Å². The maximum Gasteiger partial charge on any atom is -0.000285 e. The molecule has 0 aliphatic heterocycles. The zero-order valence-corrected chi connectivity index (χ0v) is 18.1. The number of hydrogen-bond donors (Lipinski definition) is 0. The van der Waals surface area contributed by atoms with Gasteiger partial charge in [0, 0.05) is 0 Å². The molecule has 25 heavy (non-hydrogen) atoms. The summed E-state index contributed by atoms with van der Waals surface area (Å²) in [6, 6.07) is 2.46. The van der Waals surface area contributed by atoms with Gasteiger partial charge in [-0.1, -0.05) is 33.8 Å². The minimum absolute atomic E-state index is 0.0940. The van der Waals surface area contributed by atoms with Crippen LogP contribution in [-0.4, -0.2) is 0 Å². The van der Waals surface area contributed by atoms with E-state index in [1.807, 2.05) is 0 Å². The predicted molar refractivity (Wildman–Crippen MR) is 111 cm³/mol. The third-order valence-corrected chi connectivity index (χ3v) is 7.96. The van der Waals surface area contributed by atoms with Crippen LogP contribution in [-0.2, 0) is 10.8 Å². The first-order valence-electron chi connectivity index (χ1n) is 9.58. The number of hydrogen-bond acceptors (Lipinski definition) is 0. The summed E-state index contributed by atoms with van der Waals surface area (Å²) in [5, 5.41) is 0. The van der Waals surface area contributed by atoms with Crippen molar-refractivity contribution >= 4 is 0 Å². The first-order chi connectivity index (χ1) is 11.4. The van der Waals surface area contributed by atoms with Crippen molar-refractivity contribution < 1.29 is 0 Å². The zero-order chi connectivity index (χ0) is 19.1. The van der Waals surface area contributed by atoms with Gasteiger partial charge in [0.15, 0.2) is 0 Å². The highest BCUT2D eigenvalue weighted by Gasteiger charge is 2.48. The maximum atomic E-state index is 2.46. The summed E-state index contributed by atoms with van der Waals surface area (Å²) in [7, 11) is 0. The molecule has 2 aromatic carbocycles. The predicted octanol–water partition coefficient (Wildman–Crippen LogP) is 7.08. The Balaban J connectivity index is 2.66. The second kappa shape index (κ2) is 5.22. The van der Waals surface area contributed by atoms with Crippen LogP contribution in [0.15, 0.2) is 6.07 Å². The lowest BCUT2D eigenvalue weighted by atomic mass is 9.53. The Morgan fingerprint density at radius 2 is 1.00 bits per heavy atom. The third kappa shape index (κ3) is 2.06. The van der Waals surface area contributed by atoms with E-state index in [0.29, 0.717) is 0 Å². The van der Waals surface area contributed by atoms with Gasteiger partial charge in [-0.2, -0.15) is 0 Å². The van der Waals surface area contributed by atoms with Gasteiger partial charge in [0.1, 0.15) is 0 Å². The van der Waals surface area contributed by atoms with Crippen molar-refractivity contribution in [3.8, 4) is 11.1 Å². The Hall–Kier alpha value is -1.56. The molecular weight excluding hydrogens is 300 g/mol. The van der Waals surface area contributed by atoms with Crippen molar-refractivity contribution in [1.82, 2.24) is 0 Å². The second-order valence-corrected chi connectivity index (χ2v) is 9.37. The molecule has 0 heteroatoms. The molecule has 134 valence electrons. The first-order valence-corrected chi connectivity index (χ1v) is 9.58. The zero-order valence-electron chi connectivity index (χ0n) is 18.1. The fourth-order valence-electron chi connectivity index (χ4n) is 4.95. The van der Waals surface area contributed by atoms with Gasteiger partial charge >= 0.3 is 0 Å². The molecule has 1 aliphatic carbocycles. The van der Waals surface area contributed by atoms with E-state index in [0.717, 1.165) is 0 Å². The van der Waals surface area contributed by atoms with E-state index >= 15 is 0 Å². The normalized spacial score (nSPS) is 17.2. The molecule has 3 rings (SSSR count). The van der Waals surface area contributed by atoms with E-state index in [2.05, 4.69) is 82.2 Å². The largest absolute Gasteiger partial charge is 0.0549 e. The molecule has 0 heterocycles. The van der Waals surface area contributed by atoms with Crippen LogP contribution in [0.5, 0.6) is 0 Å². The van der Waals surface area contributed by atoms with Gasteiger partial charge in [-0.3, -0.25) is 0 Å². The minimum atomic E-state index is 0.0940. The summed E-state index contributed by atoms with van der Waals surface area (Å²) in [5.74, 6) is 0. The third-order valence-electron chi connectivity index (χ3n) is 7.96. The SMILES string of the molecule is Cc1cc2c(c(C)c1C)-c1c(C)c(C)c(C)c(C)c1C(C)(C)C2(C)C. The van der Waals surface area contributed by atoms with Crippen LogP contribution in [0.25, 0.3) is 11.1 Å². The standard InChI is InChI=1S/C25H34/c1-13-12-20-21(17(5)14(13)2)22-18(6)15(3)16(4)19(7)23(22)25(10,11)24(20,8)9/h12H,1-11H3. The van der Waals surface area contributed by atoms with Crippen molar-refractivity contribution in [2.75, 3.05) is 0 Å². The molecule has 0 unspecified atom stereocenters. The summed E-state index contributed by atoms with van der Waals surface area (Å²) in [4.78, 5) is 0. The van der Waals surface area contributed by atoms with Gasteiger partial charge < -0.3 is 0 Å². The molecule has 0 atom stereocenters. The Labute approximate surface area is 154 Å². The van der Waals surface area contributed by atoms with Gasteiger partial charge in [0.05, 0.1) is 0 Å². The second-order valence-electron chi connectivity index (χ2n) is 9.37. The molecule has 0 saturated heterocycles. The molecule has 0 N–H and O–H groups in total. The van der Waals surface area contributed by atoms with E-state index in [1.54, 1.807) is 5.56 Å².